The van der Waals surface area contributed by atoms with E-state index in [1.54, 1.807) is 16.2 Å². The van der Waals surface area contributed by atoms with Crippen molar-refractivity contribution in [2.45, 2.75) is 26.2 Å². The first kappa shape index (κ1) is 14.6. The van der Waals surface area contributed by atoms with Crippen LogP contribution in [0.2, 0.25) is 0 Å². The average molecular weight is 288 g/mol. The largest absolute Gasteiger partial charge is 0.397 e. The van der Waals surface area contributed by atoms with Crippen molar-refractivity contribution in [3.63, 3.8) is 0 Å². The molecule has 0 aliphatic carbocycles. The molecule has 0 bridgehead atoms. The summed E-state index contributed by atoms with van der Waals surface area (Å²) in [5.74, 6) is 0.141. The van der Waals surface area contributed by atoms with E-state index in [9.17, 15) is 4.79 Å². The third-order valence-electron chi connectivity index (χ3n) is 3.24. The van der Waals surface area contributed by atoms with Gasteiger partial charge in [-0.2, -0.15) is 0 Å². The number of hydrogen-bond donors (Lipinski definition) is 1. The van der Waals surface area contributed by atoms with Gasteiger partial charge in [0, 0.05) is 17.8 Å². The normalized spacial score (nSPS) is 10.4. The minimum Gasteiger partial charge on any atom is -0.397 e. The number of nitrogen functional groups attached to an aromatic ring is 1. The molecule has 0 aliphatic rings. The molecule has 2 N–H and O–H groups in total. The smallest absolute Gasteiger partial charge is 0.227 e. The van der Waals surface area contributed by atoms with Gasteiger partial charge < -0.3 is 10.6 Å². The summed E-state index contributed by atoms with van der Waals surface area (Å²) in [5.41, 5.74) is 7.42. The standard InChI is InChI=1S/C16H20N2OS/c1-2-18(15-10-4-3-9-14(15)17)16(19)11-5-7-13-8-6-12-20-13/h3-4,6,8-10,12H,2,5,7,11,17H2,1H3. The lowest BCUT2D eigenvalue weighted by molar-refractivity contribution is -0.118. The van der Waals surface area contributed by atoms with Gasteiger partial charge in [-0.05, 0) is 43.3 Å². The van der Waals surface area contributed by atoms with Gasteiger partial charge >= 0.3 is 0 Å². The molecule has 0 saturated carbocycles. The molecular formula is C16H20N2OS. The second-order valence-corrected chi connectivity index (χ2v) is 5.66. The van der Waals surface area contributed by atoms with Crippen LogP contribution in [-0.2, 0) is 11.2 Å². The van der Waals surface area contributed by atoms with Crippen LogP contribution in [0.25, 0.3) is 0 Å². The van der Waals surface area contributed by atoms with Gasteiger partial charge in [0.1, 0.15) is 0 Å². The molecule has 1 heterocycles. The van der Waals surface area contributed by atoms with E-state index >= 15 is 0 Å². The van der Waals surface area contributed by atoms with Crippen molar-refractivity contribution in [1.82, 2.24) is 0 Å². The molecule has 0 saturated heterocycles. The molecule has 1 amide bonds. The Hall–Kier alpha value is -1.81. The van der Waals surface area contributed by atoms with E-state index in [1.807, 2.05) is 37.3 Å². The minimum atomic E-state index is 0.141. The lowest BCUT2D eigenvalue weighted by Crippen LogP contribution is -2.31. The summed E-state index contributed by atoms with van der Waals surface area (Å²) in [5, 5.41) is 2.07. The summed E-state index contributed by atoms with van der Waals surface area (Å²) in [6.07, 6.45) is 2.40. The molecule has 0 aliphatic heterocycles. The Kier molecular flexibility index (Phi) is 5.18. The molecule has 4 heteroatoms. The Morgan fingerprint density at radius 2 is 2.05 bits per heavy atom. The first-order valence-corrected chi connectivity index (χ1v) is 7.77. The van der Waals surface area contributed by atoms with E-state index < -0.39 is 0 Å². The van der Waals surface area contributed by atoms with E-state index in [0.29, 0.717) is 18.7 Å². The Bertz CT molecular complexity index is 551. The second-order valence-electron chi connectivity index (χ2n) is 4.63. The van der Waals surface area contributed by atoms with Gasteiger partial charge in [0.25, 0.3) is 0 Å². The number of nitrogens with two attached hydrogens (primary N) is 1. The zero-order valence-electron chi connectivity index (χ0n) is 11.7. The monoisotopic (exact) mass is 288 g/mol. The Morgan fingerprint density at radius 3 is 2.70 bits per heavy atom. The highest BCUT2D eigenvalue weighted by molar-refractivity contribution is 7.09. The van der Waals surface area contributed by atoms with Crippen LogP contribution in [0.15, 0.2) is 41.8 Å². The van der Waals surface area contributed by atoms with Crippen LogP contribution >= 0.6 is 11.3 Å². The number of carbonyl (C=O) groups is 1. The molecule has 1 aromatic heterocycles. The van der Waals surface area contributed by atoms with Crippen LogP contribution < -0.4 is 10.6 Å². The number of benzene rings is 1. The van der Waals surface area contributed by atoms with Crippen LogP contribution in [0, 0.1) is 0 Å². The lowest BCUT2D eigenvalue weighted by Gasteiger charge is -2.22. The highest BCUT2D eigenvalue weighted by atomic mass is 32.1. The number of hydrogen-bond acceptors (Lipinski definition) is 3. The van der Waals surface area contributed by atoms with Gasteiger partial charge in [-0.15, -0.1) is 11.3 Å². The number of aryl methyl sites for hydroxylation is 1. The number of carbonyl (C=O) groups excluding carboxylic acids is 1. The molecule has 0 unspecified atom stereocenters. The van der Waals surface area contributed by atoms with Crippen LogP contribution in [0.1, 0.15) is 24.6 Å². The second kappa shape index (κ2) is 7.10. The van der Waals surface area contributed by atoms with Crippen LogP contribution in [0.3, 0.4) is 0 Å². The Balaban J connectivity index is 1.94. The van der Waals surface area contributed by atoms with Crippen LogP contribution in [0.4, 0.5) is 11.4 Å². The summed E-state index contributed by atoms with van der Waals surface area (Å²) in [6, 6.07) is 11.7. The SMILES string of the molecule is CCN(C(=O)CCCc1cccs1)c1ccccc1N. The minimum absolute atomic E-state index is 0.141. The Morgan fingerprint density at radius 1 is 1.25 bits per heavy atom. The molecule has 2 rings (SSSR count). The predicted molar refractivity (Wildman–Crippen MR) is 86.1 cm³/mol. The summed E-state index contributed by atoms with van der Waals surface area (Å²) >= 11 is 1.74. The number of thiophene rings is 1. The average Bonchev–Trinajstić information content (AvgIpc) is 2.95. The maximum atomic E-state index is 12.3. The number of para-hydroxylation sites is 2. The molecule has 20 heavy (non-hydrogen) atoms. The molecular weight excluding hydrogens is 268 g/mol. The summed E-state index contributed by atoms with van der Waals surface area (Å²) in [4.78, 5) is 15.4. The molecule has 106 valence electrons. The molecule has 2 aromatic rings. The van der Waals surface area contributed by atoms with Crippen LogP contribution in [0.5, 0.6) is 0 Å². The molecule has 3 nitrogen and oxygen atoms in total. The van der Waals surface area contributed by atoms with Crippen molar-refractivity contribution in [3.8, 4) is 0 Å². The molecule has 0 atom stereocenters. The van der Waals surface area contributed by atoms with Crippen molar-refractivity contribution >= 4 is 28.6 Å². The van der Waals surface area contributed by atoms with E-state index in [2.05, 4.69) is 11.4 Å². The number of nitrogens with zero attached hydrogens (tertiary/aromatic N) is 1. The van der Waals surface area contributed by atoms with Gasteiger partial charge in [-0.1, -0.05) is 18.2 Å². The first-order chi connectivity index (χ1) is 9.72. The highest BCUT2D eigenvalue weighted by Crippen LogP contribution is 2.23. The third-order valence-corrected chi connectivity index (χ3v) is 4.17. The fourth-order valence-electron chi connectivity index (χ4n) is 2.22. The molecule has 0 fully saturated rings. The fraction of sp³-hybridized carbons (Fsp3) is 0.312. The van der Waals surface area contributed by atoms with E-state index in [1.165, 1.54) is 4.88 Å². The summed E-state index contributed by atoms with van der Waals surface area (Å²) in [7, 11) is 0. The van der Waals surface area contributed by atoms with Crippen molar-refractivity contribution in [2.75, 3.05) is 17.2 Å². The van der Waals surface area contributed by atoms with Crippen molar-refractivity contribution < 1.29 is 4.79 Å². The van der Waals surface area contributed by atoms with Crippen molar-refractivity contribution in [3.05, 3.63) is 46.7 Å². The van der Waals surface area contributed by atoms with Gasteiger partial charge in [0.15, 0.2) is 0 Å². The van der Waals surface area contributed by atoms with Crippen LogP contribution in [-0.4, -0.2) is 12.5 Å². The third kappa shape index (κ3) is 3.61. The van der Waals surface area contributed by atoms with Gasteiger partial charge in [0.05, 0.1) is 11.4 Å². The van der Waals surface area contributed by atoms with Gasteiger partial charge in [-0.25, -0.2) is 0 Å². The van der Waals surface area contributed by atoms with Gasteiger partial charge in [-0.3, -0.25) is 4.79 Å². The number of anilines is 2. The quantitative estimate of drug-likeness (QED) is 0.824. The summed E-state index contributed by atoms with van der Waals surface area (Å²) < 4.78 is 0. The van der Waals surface area contributed by atoms with E-state index in [-0.39, 0.29) is 5.91 Å². The summed E-state index contributed by atoms with van der Waals surface area (Å²) in [6.45, 7) is 2.62. The first-order valence-electron chi connectivity index (χ1n) is 6.89. The number of rotatable bonds is 6. The topological polar surface area (TPSA) is 46.3 Å². The lowest BCUT2D eigenvalue weighted by atomic mass is 10.1. The molecule has 0 spiro atoms. The zero-order valence-corrected chi connectivity index (χ0v) is 12.5. The maximum Gasteiger partial charge on any atom is 0.227 e. The van der Waals surface area contributed by atoms with E-state index in [4.69, 9.17) is 5.73 Å². The molecule has 1 aromatic carbocycles. The maximum absolute atomic E-state index is 12.3. The van der Waals surface area contributed by atoms with Crippen molar-refractivity contribution in [1.29, 1.82) is 0 Å². The Labute approximate surface area is 124 Å². The van der Waals surface area contributed by atoms with E-state index in [0.717, 1.165) is 18.5 Å². The fourth-order valence-corrected chi connectivity index (χ4v) is 2.97. The van der Waals surface area contributed by atoms with Gasteiger partial charge in [0.2, 0.25) is 5.91 Å². The predicted octanol–water partition coefficient (Wildman–Crippen LogP) is 3.71. The molecule has 0 radical (unpaired) electrons. The zero-order chi connectivity index (χ0) is 14.4. The number of amides is 1. The van der Waals surface area contributed by atoms with Crippen molar-refractivity contribution in [2.24, 2.45) is 0 Å². The highest BCUT2D eigenvalue weighted by Gasteiger charge is 2.15.